The number of hydrogen-bond donors (Lipinski definition) is 2. The molecule has 0 saturated heterocycles. The van der Waals surface area contributed by atoms with Crippen molar-refractivity contribution in [3.8, 4) is 16.3 Å². The molecule has 10 heteroatoms. The van der Waals surface area contributed by atoms with Crippen molar-refractivity contribution in [2.24, 2.45) is 11.8 Å². The molecule has 0 aliphatic heterocycles. The van der Waals surface area contributed by atoms with Gasteiger partial charge in [-0.25, -0.2) is 9.97 Å². The van der Waals surface area contributed by atoms with Crippen LogP contribution in [0.2, 0.25) is 0 Å². The Labute approximate surface area is 199 Å². The van der Waals surface area contributed by atoms with Crippen molar-refractivity contribution < 1.29 is 27.4 Å². The van der Waals surface area contributed by atoms with Gasteiger partial charge in [-0.15, -0.1) is 24.5 Å². The highest BCUT2D eigenvalue weighted by molar-refractivity contribution is 7.13. The molecule has 4 rings (SSSR count). The van der Waals surface area contributed by atoms with Crippen LogP contribution in [-0.2, 0) is 0 Å². The highest BCUT2D eigenvalue weighted by atomic mass is 32.1. The minimum absolute atomic E-state index is 0.0219. The van der Waals surface area contributed by atoms with E-state index in [9.17, 15) is 18.3 Å². The molecule has 0 bridgehead atoms. The summed E-state index contributed by atoms with van der Waals surface area (Å²) in [7, 11) is 0. The molecule has 1 fully saturated rings. The summed E-state index contributed by atoms with van der Waals surface area (Å²) in [5.74, 6) is 0.0457. The number of rotatable bonds is 8. The number of alkyl halides is 3. The number of aromatic nitrogens is 2. The highest BCUT2D eigenvalue weighted by Gasteiger charge is 2.36. The van der Waals surface area contributed by atoms with E-state index >= 15 is 0 Å². The lowest BCUT2D eigenvalue weighted by molar-refractivity contribution is -0.274. The molecule has 6 nitrogen and oxygen atoms in total. The van der Waals surface area contributed by atoms with E-state index in [4.69, 9.17) is 9.83 Å². The zero-order chi connectivity index (χ0) is 24.5. The molecule has 1 saturated carbocycles. The Kier molecular flexibility index (Phi) is 7.09. The van der Waals surface area contributed by atoms with Gasteiger partial charge in [0, 0.05) is 28.8 Å². The Hall–Kier alpha value is -2.72. The molecular weight excluding hydrogens is 467 g/mol. The summed E-state index contributed by atoms with van der Waals surface area (Å²) < 4.78 is 50.0. The minimum Gasteiger partial charge on any atom is -0.436 e. The van der Waals surface area contributed by atoms with E-state index in [1.165, 1.54) is 17.4 Å². The maximum atomic E-state index is 13.3. The Balaban J connectivity index is 1.76. The first kappa shape index (κ1) is 24.4. The number of thiazole rings is 1. The van der Waals surface area contributed by atoms with Gasteiger partial charge < -0.3 is 19.7 Å². The molecule has 3 aromatic rings. The van der Waals surface area contributed by atoms with Crippen LogP contribution in [0.5, 0.6) is 5.75 Å². The molecule has 2 heterocycles. The van der Waals surface area contributed by atoms with Gasteiger partial charge >= 0.3 is 6.36 Å². The number of aliphatic hydroxyl groups excluding tert-OH is 1. The molecule has 34 heavy (non-hydrogen) atoms. The van der Waals surface area contributed by atoms with Crippen LogP contribution in [0.25, 0.3) is 27.7 Å². The highest BCUT2D eigenvalue weighted by Crippen LogP contribution is 2.43. The predicted octanol–water partition coefficient (Wildman–Crippen LogP) is 7.15. The van der Waals surface area contributed by atoms with Crippen molar-refractivity contribution in [1.82, 2.24) is 9.97 Å². The Bertz CT molecular complexity index is 1190. The smallest absolute Gasteiger partial charge is 0.436 e. The first-order valence-electron chi connectivity index (χ1n) is 11.3. The fourth-order valence-corrected chi connectivity index (χ4v) is 5.07. The van der Waals surface area contributed by atoms with Gasteiger partial charge in [0.05, 0.1) is 11.7 Å². The second kappa shape index (κ2) is 9.87. The second-order valence-corrected chi connectivity index (χ2v) is 9.25. The predicted molar refractivity (Wildman–Crippen MR) is 125 cm³/mol. The van der Waals surface area contributed by atoms with Gasteiger partial charge in [0.25, 0.3) is 0 Å². The summed E-state index contributed by atoms with van der Waals surface area (Å²) in [5, 5.41) is 21.1. The van der Waals surface area contributed by atoms with E-state index in [0.717, 1.165) is 25.0 Å². The Morgan fingerprint density at radius 2 is 2.09 bits per heavy atom. The summed E-state index contributed by atoms with van der Waals surface area (Å²) in [4.78, 5) is 8.55. The molecule has 2 aromatic heterocycles. The molecule has 0 spiro atoms. The quantitative estimate of drug-likeness (QED) is 0.348. The molecule has 3 unspecified atom stereocenters. The van der Waals surface area contributed by atoms with Gasteiger partial charge in [0.2, 0.25) is 5.89 Å². The lowest BCUT2D eigenvalue weighted by Gasteiger charge is -2.17. The van der Waals surface area contributed by atoms with Crippen molar-refractivity contribution in [3.63, 3.8) is 0 Å². The lowest BCUT2D eigenvalue weighted by Crippen LogP contribution is -2.19. The largest absolute Gasteiger partial charge is 0.573 e. The first-order chi connectivity index (χ1) is 16.2. The van der Waals surface area contributed by atoms with Crippen LogP contribution in [0.4, 0.5) is 13.2 Å². The van der Waals surface area contributed by atoms with Gasteiger partial charge in [-0.2, -0.15) is 0 Å². The number of oxazole rings is 1. The van der Waals surface area contributed by atoms with E-state index < -0.39 is 18.2 Å². The van der Waals surface area contributed by atoms with Crippen molar-refractivity contribution in [2.45, 2.75) is 58.4 Å². The van der Waals surface area contributed by atoms with Crippen LogP contribution >= 0.6 is 11.3 Å². The van der Waals surface area contributed by atoms with Crippen molar-refractivity contribution in [3.05, 3.63) is 35.2 Å². The number of ether oxygens (including phenoxy) is 1. The average molecular weight is 494 g/mol. The van der Waals surface area contributed by atoms with E-state index in [0.29, 0.717) is 22.9 Å². The van der Waals surface area contributed by atoms with Crippen LogP contribution in [-0.4, -0.2) is 27.1 Å². The van der Waals surface area contributed by atoms with Gasteiger partial charge in [0.1, 0.15) is 5.01 Å². The molecule has 182 valence electrons. The van der Waals surface area contributed by atoms with E-state index in [1.54, 1.807) is 24.6 Å². The number of nitrogens with one attached hydrogen (secondary N) is 1. The average Bonchev–Trinajstić information content (AvgIpc) is 3.53. The molecule has 1 aliphatic rings. The third kappa shape index (κ3) is 5.02. The summed E-state index contributed by atoms with van der Waals surface area (Å²) in [6.45, 7) is 3.75. The standard InChI is InChI=1S/C24H26F3N3O3S/c1-3-13-8-9-14(19(13)28)6-5-7-18-30-20-21(32-18)16(23-29-10-11-34-23)12-15(17(31)4-2)22(20)33-24(25,26)27/h5,7,10-14,17,28,31H,3-4,6,8-9H2,1-2H3/b7-5+,28-19?. The number of allylic oxidation sites excluding steroid dienone is 1. The molecule has 0 amide bonds. The molecule has 1 aromatic carbocycles. The number of hydrogen-bond acceptors (Lipinski definition) is 7. The molecule has 3 atom stereocenters. The van der Waals surface area contributed by atoms with Crippen LogP contribution in [0.1, 0.15) is 63.5 Å². The maximum absolute atomic E-state index is 13.3. The summed E-state index contributed by atoms with van der Waals surface area (Å²) in [6.07, 6.45) is 2.63. The van der Waals surface area contributed by atoms with Crippen molar-refractivity contribution in [1.29, 1.82) is 5.41 Å². The van der Waals surface area contributed by atoms with Gasteiger partial charge in [-0.05, 0) is 50.2 Å². The third-order valence-electron chi connectivity index (χ3n) is 6.21. The molecule has 2 N–H and O–H groups in total. The summed E-state index contributed by atoms with van der Waals surface area (Å²) in [5.41, 5.74) is 1.17. The number of aliphatic hydroxyl groups is 1. The zero-order valence-corrected chi connectivity index (χ0v) is 19.7. The first-order valence-corrected chi connectivity index (χ1v) is 12.2. The number of halogens is 3. The summed E-state index contributed by atoms with van der Waals surface area (Å²) in [6, 6.07) is 1.43. The van der Waals surface area contributed by atoms with Crippen molar-refractivity contribution in [2.75, 3.05) is 0 Å². The van der Waals surface area contributed by atoms with E-state index in [2.05, 4.69) is 21.6 Å². The van der Waals surface area contributed by atoms with Crippen LogP contribution in [0.3, 0.4) is 0 Å². The topological polar surface area (TPSA) is 92.2 Å². The van der Waals surface area contributed by atoms with Gasteiger partial charge in [-0.1, -0.05) is 19.9 Å². The normalized spacial score (nSPS) is 20.0. The third-order valence-corrected chi connectivity index (χ3v) is 7.02. The number of nitrogens with zero attached hydrogens (tertiary/aromatic N) is 2. The Morgan fingerprint density at radius 1 is 1.32 bits per heavy atom. The maximum Gasteiger partial charge on any atom is 0.573 e. The fraction of sp³-hybridized carbons (Fsp3) is 0.458. The number of fused-ring (bicyclic) bond motifs is 1. The Morgan fingerprint density at radius 3 is 2.71 bits per heavy atom. The summed E-state index contributed by atoms with van der Waals surface area (Å²) >= 11 is 1.30. The van der Waals surface area contributed by atoms with Crippen molar-refractivity contribution >= 4 is 34.2 Å². The monoisotopic (exact) mass is 493 g/mol. The zero-order valence-electron chi connectivity index (χ0n) is 18.9. The second-order valence-electron chi connectivity index (χ2n) is 8.35. The molecule has 0 radical (unpaired) electrons. The van der Waals surface area contributed by atoms with Gasteiger partial charge in [-0.3, -0.25) is 0 Å². The van der Waals surface area contributed by atoms with Crippen LogP contribution in [0, 0.1) is 17.2 Å². The van der Waals surface area contributed by atoms with E-state index in [-0.39, 0.29) is 34.9 Å². The fourth-order valence-electron chi connectivity index (χ4n) is 4.42. The SMILES string of the molecule is CCC1CCC(C/C=C/c2nc3c(OC(F)(F)F)c(C(O)CC)cc(-c4nccs4)c3o2)C1=N. The van der Waals surface area contributed by atoms with Crippen LogP contribution in [0.15, 0.2) is 28.1 Å². The van der Waals surface area contributed by atoms with E-state index in [1.807, 2.05) is 6.08 Å². The minimum atomic E-state index is -4.97. The molecular formula is C24H26F3N3O3S. The van der Waals surface area contributed by atoms with Crippen LogP contribution < -0.4 is 4.74 Å². The number of benzene rings is 1. The lowest BCUT2D eigenvalue weighted by atomic mass is 9.97. The molecule has 1 aliphatic carbocycles. The van der Waals surface area contributed by atoms with Gasteiger partial charge in [0.15, 0.2) is 16.8 Å².